The van der Waals surface area contributed by atoms with Gasteiger partial charge >= 0.3 is 0 Å². The van der Waals surface area contributed by atoms with Gasteiger partial charge < -0.3 is 4.90 Å². The number of hydrogen-bond donors (Lipinski definition) is 0. The van der Waals surface area contributed by atoms with Gasteiger partial charge in [-0.3, -0.25) is 9.69 Å². The number of benzene rings is 3. The Morgan fingerprint density at radius 2 is 1.44 bits per heavy atom. The lowest BCUT2D eigenvalue weighted by Gasteiger charge is -2.35. The predicted octanol–water partition coefficient (Wildman–Crippen LogP) is 3.80. The van der Waals surface area contributed by atoms with Crippen molar-refractivity contribution in [2.24, 2.45) is 0 Å². The zero-order chi connectivity index (χ0) is 17.1. The highest BCUT2D eigenvalue weighted by Gasteiger charge is 2.22. The summed E-state index contributed by atoms with van der Waals surface area (Å²) >= 11 is 0. The van der Waals surface area contributed by atoms with Crippen molar-refractivity contribution in [3.8, 4) is 0 Å². The molecule has 0 spiro atoms. The minimum Gasteiger partial charge on any atom is -0.336 e. The molecule has 0 saturated carbocycles. The molecule has 3 aromatic rings. The number of fused-ring (bicyclic) bond motifs is 1. The number of amides is 1. The molecule has 0 radical (unpaired) electrons. The van der Waals surface area contributed by atoms with Gasteiger partial charge in [0.15, 0.2) is 0 Å². The summed E-state index contributed by atoms with van der Waals surface area (Å²) < 4.78 is 0. The molecule has 1 saturated heterocycles. The summed E-state index contributed by atoms with van der Waals surface area (Å²) in [4.78, 5) is 17.0. The Labute approximate surface area is 148 Å². The molecule has 126 valence electrons. The molecule has 4 rings (SSSR count). The van der Waals surface area contributed by atoms with E-state index in [4.69, 9.17) is 0 Å². The molecular formula is C22H22N2O. The lowest BCUT2D eigenvalue weighted by Crippen LogP contribution is -2.48. The smallest absolute Gasteiger partial charge is 0.253 e. The van der Waals surface area contributed by atoms with E-state index in [1.807, 2.05) is 35.2 Å². The first kappa shape index (κ1) is 15.9. The molecule has 25 heavy (non-hydrogen) atoms. The summed E-state index contributed by atoms with van der Waals surface area (Å²) in [7, 11) is 0. The molecule has 3 nitrogen and oxygen atoms in total. The van der Waals surface area contributed by atoms with E-state index in [0.29, 0.717) is 0 Å². The van der Waals surface area contributed by atoms with Crippen molar-refractivity contribution in [1.82, 2.24) is 9.80 Å². The van der Waals surface area contributed by atoms with Crippen LogP contribution in [0, 0.1) is 0 Å². The Bertz CT molecular complexity index is 862. The van der Waals surface area contributed by atoms with E-state index in [9.17, 15) is 4.79 Å². The van der Waals surface area contributed by atoms with E-state index in [2.05, 4.69) is 47.4 Å². The van der Waals surface area contributed by atoms with E-state index < -0.39 is 0 Å². The summed E-state index contributed by atoms with van der Waals surface area (Å²) in [5.74, 6) is 0.144. The third kappa shape index (κ3) is 3.42. The second-order valence-electron chi connectivity index (χ2n) is 6.57. The molecule has 3 heteroatoms. The van der Waals surface area contributed by atoms with E-state index in [-0.39, 0.29) is 5.91 Å². The zero-order valence-electron chi connectivity index (χ0n) is 14.3. The van der Waals surface area contributed by atoms with Crippen molar-refractivity contribution in [1.29, 1.82) is 0 Å². The van der Waals surface area contributed by atoms with E-state index >= 15 is 0 Å². The quantitative estimate of drug-likeness (QED) is 0.729. The van der Waals surface area contributed by atoms with Gasteiger partial charge in [-0.15, -0.1) is 0 Å². The highest BCUT2D eigenvalue weighted by atomic mass is 16.2. The fourth-order valence-corrected chi connectivity index (χ4v) is 3.54. The van der Waals surface area contributed by atoms with Crippen LogP contribution in [0.5, 0.6) is 0 Å². The van der Waals surface area contributed by atoms with Gasteiger partial charge in [-0.25, -0.2) is 0 Å². The standard InChI is InChI=1S/C22H22N2O/c25-22(19-8-2-1-3-9-19)24-15-13-23(14-16-24)17-20-11-6-10-18-7-4-5-12-21(18)20/h1-12H,13-17H2. The van der Waals surface area contributed by atoms with Crippen LogP contribution in [-0.2, 0) is 6.54 Å². The van der Waals surface area contributed by atoms with E-state index in [1.165, 1.54) is 16.3 Å². The van der Waals surface area contributed by atoms with Gasteiger partial charge in [-0.05, 0) is 28.5 Å². The molecule has 0 bridgehead atoms. The molecule has 3 aromatic carbocycles. The van der Waals surface area contributed by atoms with Gasteiger partial charge in [-0.2, -0.15) is 0 Å². The number of carbonyl (C=O) groups excluding carboxylic acids is 1. The average molecular weight is 330 g/mol. The van der Waals surface area contributed by atoms with Crippen LogP contribution in [0.4, 0.5) is 0 Å². The summed E-state index contributed by atoms with van der Waals surface area (Å²) in [6.07, 6.45) is 0. The molecule has 1 aliphatic rings. The number of nitrogens with zero attached hydrogens (tertiary/aromatic N) is 2. The summed E-state index contributed by atoms with van der Waals surface area (Å²) in [6, 6.07) is 24.6. The fourth-order valence-electron chi connectivity index (χ4n) is 3.54. The lowest BCUT2D eigenvalue weighted by molar-refractivity contribution is 0.0629. The largest absolute Gasteiger partial charge is 0.336 e. The van der Waals surface area contributed by atoms with Crippen molar-refractivity contribution in [2.75, 3.05) is 26.2 Å². The van der Waals surface area contributed by atoms with Gasteiger partial charge in [0.1, 0.15) is 0 Å². The van der Waals surface area contributed by atoms with Gasteiger partial charge in [-0.1, -0.05) is 60.7 Å². The number of hydrogen-bond acceptors (Lipinski definition) is 2. The normalized spacial score (nSPS) is 15.4. The fraction of sp³-hybridized carbons (Fsp3) is 0.227. The van der Waals surface area contributed by atoms with E-state index in [1.54, 1.807) is 0 Å². The maximum absolute atomic E-state index is 12.5. The molecule has 0 aliphatic carbocycles. The van der Waals surface area contributed by atoms with Crippen LogP contribution >= 0.6 is 0 Å². The van der Waals surface area contributed by atoms with E-state index in [0.717, 1.165) is 38.3 Å². The van der Waals surface area contributed by atoms with Crippen LogP contribution in [0.1, 0.15) is 15.9 Å². The minimum absolute atomic E-state index is 0.144. The first-order valence-electron chi connectivity index (χ1n) is 8.84. The number of piperazine rings is 1. The Morgan fingerprint density at radius 3 is 2.24 bits per heavy atom. The highest BCUT2D eigenvalue weighted by molar-refractivity contribution is 5.94. The maximum atomic E-state index is 12.5. The first-order valence-corrected chi connectivity index (χ1v) is 8.84. The molecule has 1 aliphatic heterocycles. The van der Waals surface area contributed by atoms with Gasteiger partial charge in [0.25, 0.3) is 5.91 Å². The lowest BCUT2D eigenvalue weighted by atomic mass is 10.0. The Balaban J connectivity index is 1.41. The summed E-state index contributed by atoms with van der Waals surface area (Å²) in [6.45, 7) is 4.36. The van der Waals surface area contributed by atoms with Crippen LogP contribution in [0.3, 0.4) is 0 Å². The molecule has 1 amide bonds. The van der Waals surface area contributed by atoms with Crippen molar-refractivity contribution >= 4 is 16.7 Å². The summed E-state index contributed by atoms with van der Waals surface area (Å²) in [5.41, 5.74) is 2.14. The summed E-state index contributed by atoms with van der Waals surface area (Å²) in [5, 5.41) is 2.62. The molecule has 0 aromatic heterocycles. The number of rotatable bonds is 3. The van der Waals surface area contributed by atoms with Crippen molar-refractivity contribution < 1.29 is 4.79 Å². The van der Waals surface area contributed by atoms with Crippen molar-refractivity contribution in [2.45, 2.75) is 6.54 Å². The van der Waals surface area contributed by atoms with Crippen LogP contribution in [-0.4, -0.2) is 41.9 Å². The Hall–Kier alpha value is -2.65. The molecular weight excluding hydrogens is 308 g/mol. The second kappa shape index (κ2) is 7.08. The third-order valence-corrected chi connectivity index (χ3v) is 4.95. The van der Waals surface area contributed by atoms with Crippen LogP contribution in [0.25, 0.3) is 10.8 Å². The predicted molar refractivity (Wildman–Crippen MR) is 102 cm³/mol. The monoisotopic (exact) mass is 330 g/mol. The zero-order valence-corrected chi connectivity index (χ0v) is 14.3. The van der Waals surface area contributed by atoms with Crippen molar-refractivity contribution in [3.63, 3.8) is 0 Å². The minimum atomic E-state index is 0.144. The third-order valence-electron chi connectivity index (χ3n) is 4.95. The van der Waals surface area contributed by atoms with Gasteiger partial charge in [0.2, 0.25) is 0 Å². The van der Waals surface area contributed by atoms with Crippen molar-refractivity contribution in [3.05, 3.63) is 83.9 Å². The highest BCUT2D eigenvalue weighted by Crippen LogP contribution is 2.20. The first-order chi connectivity index (χ1) is 12.3. The SMILES string of the molecule is O=C(c1ccccc1)N1CCN(Cc2cccc3ccccc23)CC1. The number of carbonyl (C=O) groups is 1. The molecule has 0 atom stereocenters. The van der Waals surface area contributed by atoms with Gasteiger partial charge in [0.05, 0.1) is 0 Å². The van der Waals surface area contributed by atoms with Crippen LogP contribution < -0.4 is 0 Å². The molecule has 1 fully saturated rings. The Morgan fingerprint density at radius 1 is 0.760 bits per heavy atom. The molecule has 1 heterocycles. The molecule has 0 unspecified atom stereocenters. The van der Waals surface area contributed by atoms with Crippen LogP contribution in [0.15, 0.2) is 72.8 Å². The topological polar surface area (TPSA) is 23.6 Å². The van der Waals surface area contributed by atoms with Gasteiger partial charge in [0, 0.05) is 38.3 Å². The second-order valence-corrected chi connectivity index (χ2v) is 6.57. The average Bonchev–Trinajstić information content (AvgIpc) is 2.69. The maximum Gasteiger partial charge on any atom is 0.253 e. The molecule has 0 N–H and O–H groups in total. The Kier molecular flexibility index (Phi) is 4.49. The van der Waals surface area contributed by atoms with Crippen LogP contribution in [0.2, 0.25) is 0 Å².